The van der Waals surface area contributed by atoms with Gasteiger partial charge in [0.1, 0.15) is 24.5 Å². The third kappa shape index (κ3) is 2.33. The van der Waals surface area contributed by atoms with Crippen LogP contribution in [0.3, 0.4) is 0 Å². The summed E-state index contributed by atoms with van der Waals surface area (Å²) < 4.78 is 1.14. The first-order valence-electron chi connectivity index (χ1n) is 6.05. The summed E-state index contributed by atoms with van der Waals surface area (Å²) in [5.41, 5.74) is -1.42. The highest BCUT2D eigenvalue weighted by Gasteiger charge is 2.45. The number of amides is 1. The number of rotatable bonds is 4. The average Bonchev–Trinajstić information content (AvgIpc) is 2.96. The molecule has 108 valence electrons. The van der Waals surface area contributed by atoms with Crippen molar-refractivity contribution >= 4 is 17.6 Å². The van der Waals surface area contributed by atoms with Crippen molar-refractivity contribution < 1.29 is 19.6 Å². The lowest BCUT2D eigenvalue weighted by Crippen LogP contribution is -2.51. The summed E-state index contributed by atoms with van der Waals surface area (Å²) in [4.78, 5) is 34.6. The van der Waals surface area contributed by atoms with Crippen LogP contribution in [0.2, 0.25) is 0 Å². The largest absolute Gasteiger partial charge is 0.480 e. The van der Waals surface area contributed by atoms with Gasteiger partial charge >= 0.3 is 11.7 Å². The fraction of sp³-hybridized carbons (Fsp3) is 0.545. The predicted molar refractivity (Wildman–Crippen MR) is 65.9 cm³/mol. The number of likely N-dealkylation sites (tertiary alicyclic amines) is 1. The molecule has 1 aromatic rings. The van der Waals surface area contributed by atoms with Crippen LogP contribution < -0.4 is 0 Å². The average molecular weight is 282 g/mol. The van der Waals surface area contributed by atoms with Crippen LogP contribution in [0.25, 0.3) is 0 Å². The first kappa shape index (κ1) is 14.0. The van der Waals surface area contributed by atoms with Gasteiger partial charge in [-0.15, -0.1) is 0 Å². The number of hydrogen-bond donors (Lipinski definition) is 1. The molecule has 1 aliphatic heterocycles. The lowest BCUT2D eigenvalue weighted by atomic mass is 9.99. The molecule has 1 aliphatic rings. The van der Waals surface area contributed by atoms with E-state index in [-0.39, 0.29) is 12.2 Å². The van der Waals surface area contributed by atoms with E-state index in [1.54, 1.807) is 0 Å². The van der Waals surface area contributed by atoms with Crippen molar-refractivity contribution in [2.24, 2.45) is 0 Å². The molecule has 1 amide bonds. The van der Waals surface area contributed by atoms with Gasteiger partial charge < -0.3 is 10.0 Å². The van der Waals surface area contributed by atoms with E-state index in [0.29, 0.717) is 19.4 Å². The second-order valence-corrected chi connectivity index (χ2v) is 4.88. The van der Waals surface area contributed by atoms with Crippen LogP contribution in [0.1, 0.15) is 19.8 Å². The Bertz CT molecular complexity index is 569. The van der Waals surface area contributed by atoms with E-state index in [4.69, 9.17) is 0 Å². The summed E-state index contributed by atoms with van der Waals surface area (Å²) in [7, 11) is 0. The quantitative estimate of drug-likeness (QED) is 0.624. The summed E-state index contributed by atoms with van der Waals surface area (Å²) in [5.74, 6) is -1.46. The van der Waals surface area contributed by atoms with Gasteiger partial charge in [0.25, 0.3) is 0 Å². The maximum atomic E-state index is 12.1. The molecule has 9 nitrogen and oxygen atoms in total. The SMILES string of the molecule is CC1(C(=O)O)CCCN1C(=O)Cn1cc([N+](=O)[O-])cn1. The van der Waals surface area contributed by atoms with Crippen molar-refractivity contribution in [2.45, 2.75) is 31.8 Å². The van der Waals surface area contributed by atoms with Crippen LogP contribution in [0.5, 0.6) is 0 Å². The van der Waals surface area contributed by atoms with E-state index in [1.165, 1.54) is 11.8 Å². The van der Waals surface area contributed by atoms with Crippen molar-refractivity contribution in [2.75, 3.05) is 6.54 Å². The standard InChI is InChI=1S/C11H14N4O5/c1-11(10(17)18)3-2-4-14(11)9(16)7-13-6-8(5-12-13)15(19)20/h5-6H,2-4,7H2,1H3,(H,17,18). The first-order chi connectivity index (χ1) is 9.34. The van der Waals surface area contributed by atoms with Gasteiger partial charge in [-0.3, -0.25) is 19.6 Å². The van der Waals surface area contributed by atoms with E-state index in [1.807, 2.05) is 0 Å². The van der Waals surface area contributed by atoms with Crippen molar-refractivity contribution in [3.05, 3.63) is 22.5 Å². The molecule has 2 heterocycles. The molecule has 20 heavy (non-hydrogen) atoms. The molecule has 0 saturated carbocycles. The van der Waals surface area contributed by atoms with Gasteiger partial charge in [0, 0.05) is 6.54 Å². The summed E-state index contributed by atoms with van der Waals surface area (Å²) >= 11 is 0. The lowest BCUT2D eigenvalue weighted by molar-refractivity contribution is -0.385. The van der Waals surface area contributed by atoms with E-state index < -0.39 is 22.3 Å². The van der Waals surface area contributed by atoms with E-state index >= 15 is 0 Å². The molecule has 0 bridgehead atoms. The molecule has 1 saturated heterocycles. The van der Waals surface area contributed by atoms with Crippen LogP contribution in [0.15, 0.2) is 12.4 Å². The number of carboxylic acid groups (broad SMARTS) is 1. The van der Waals surface area contributed by atoms with Crippen LogP contribution in [0.4, 0.5) is 5.69 Å². The Morgan fingerprint density at radius 1 is 1.60 bits per heavy atom. The third-order valence-corrected chi connectivity index (χ3v) is 3.53. The van der Waals surface area contributed by atoms with Crippen molar-refractivity contribution in [1.29, 1.82) is 0 Å². The molecule has 1 unspecified atom stereocenters. The molecular formula is C11H14N4O5. The minimum absolute atomic E-state index is 0.208. The predicted octanol–water partition coefficient (Wildman–Crippen LogP) is 0.257. The van der Waals surface area contributed by atoms with Gasteiger partial charge in [-0.05, 0) is 19.8 Å². The monoisotopic (exact) mass is 282 g/mol. The Hall–Kier alpha value is -2.45. The topological polar surface area (TPSA) is 119 Å². The number of nitro groups is 1. The number of carboxylic acids is 1. The zero-order valence-corrected chi connectivity index (χ0v) is 10.9. The highest BCUT2D eigenvalue weighted by atomic mass is 16.6. The van der Waals surface area contributed by atoms with Gasteiger partial charge in [0.15, 0.2) is 0 Å². The molecule has 1 fully saturated rings. The Morgan fingerprint density at radius 3 is 2.85 bits per heavy atom. The fourth-order valence-corrected chi connectivity index (χ4v) is 2.34. The molecule has 2 rings (SSSR count). The van der Waals surface area contributed by atoms with E-state index in [9.17, 15) is 24.8 Å². The zero-order chi connectivity index (χ0) is 14.9. The molecule has 9 heteroatoms. The second kappa shape index (κ2) is 4.91. The molecule has 1 aromatic heterocycles. The maximum Gasteiger partial charge on any atom is 0.329 e. The number of carbonyl (C=O) groups excluding carboxylic acids is 1. The number of hydrogen-bond acceptors (Lipinski definition) is 5. The summed E-state index contributed by atoms with van der Waals surface area (Å²) in [5, 5.41) is 23.5. The number of aromatic nitrogens is 2. The van der Waals surface area contributed by atoms with Gasteiger partial charge in [-0.25, -0.2) is 4.79 Å². The first-order valence-corrected chi connectivity index (χ1v) is 6.05. The fourth-order valence-electron chi connectivity index (χ4n) is 2.34. The van der Waals surface area contributed by atoms with Crippen LogP contribution in [0, 0.1) is 10.1 Å². The van der Waals surface area contributed by atoms with E-state index in [0.717, 1.165) is 17.1 Å². The summed E-state index contributed by atoms with van der Waals surface area (Å²) in [6, 6.07) is 0. The van der Waals surface area contributed by atoms with Gasteiger partial charge in [-0.2, -0.15) is 5.10 Å². The molecule has 1 N–H and O–H groups in total. The Balaban J connectivity index is 2.11. The Kier molecular flexibility index (Phi) is 3.43. The zero-order valence-electron chi connectivity index (χ0n) is 10.9. The summed E-state index contributed by atoms with van der Waals surface area (Å²) in [6.07, 6.45) is 3.21. The van der Waals surface area contributed by atoms with Crippen molar-refractivity contribution in [3.8, 4) is 0 Å². The molecule has 0 radical (unpaired) electrons. The van der Waals surface area contributed by atoms with E-state index in [2.05, 4.69) is 5.10 Å². The minimum Gasteiger partial charge on any atom is -0.480 e. The molecule has 0 aromatic carbocycles. The van der Waals surface area contributed by atoms with Crippen molar-refractivity contribution in [3.63, 3.8) is 0 Å². The normalized spacial score (nSPS) is 21.9. The minimum atomic E-state index is -1.21. The highest BCUT2D eigenvalue weighted by Crippen LogP contribution is 2.29. The van der Waals surface area contributed by atoms with Crippen LogP contribution in [-0.2, 0) is 16.1 Å². The third-order valence-electron chi connectivity index (χ3n) is 3.53. The number of carbonyl (C=O) groups is 2. The second-order valence-electron chi connectivity index (χ2n) is 4.88. The van der Waals surface area contributed by atoms with Gasteiger partial charge in [-0.1, -0.05) is 0 Å². The van der Waals surface area contributed by atoms with Gasteiger partial charge in [0.05, 0.1) is 4.92 Å². The number of aliphatic carboxylic acids is 1. The maximum absolute atomic E-state index is 12.1. The van der Waals surface area contributed by atoms with Gasteiger partial charge in [0.2, 0.25) is 5.91 Å². The Labute approximate surface area is 113 Å². The van der Waals surface area contributed by atoms with Crippen LogP contribution in [-0.4, -0.2) is 48.7 Å². The Morgan fingerprint density at radius 2 is 2.30 bits per heavy atom. The molecule has 0 spiro atoms. The summed E-state index contributed by atoms with van der Waals surface area (Å²) in [6.45, 7) is 1.66. The molecular weight excluding hydrogens is 268 g/mol. The highest BCUT2D eigenvalue weighted by molar-refractivity contribution is 5.87. The van der Waals surface area contributed by atoms with Crippen LogP contribution >= 0.6 is 0 Å². The molecule has 0 aliphatic carbocycles. The lowest BCUT2D eigenvalue weighted by Gasteiger charge is -2.31. The number of nitrogens with zero attached hydrogens (tertiary/aromatic N) is 4. The molecule has 1 atom stereocenters. The smallest absolute Gasteiger partial charge is 0.329 e. The van der Waals surface area contributed by atoms with Crippen molar-refractivity contribution in [1.82, 2.24) is 14.7 Å².